The predicted octanol–water partition coefficient (Wildman–Crippen LogP) is 4.78. The van der Waals surface area contributed by atoms with Crippen LogP contribution in [0.5, 0.6) is 17.4 Å². The van der Waals surface area contributed by atoms with E-state index < -0.39 is 11.6 Å². The summed E-state index contributed by atoms with van der Waals surface area (Å²) in [6.45, 7) is 1.66. The van der Waals surface area contributed by atoms with Crippen LogP contribution in [0.25, 0.3) is 10.9 Å². The Morgan fingerprint density at radius 3 is 2.65 bits per heavy atom. The van der Waals surface area contributed by atoms with Gasteiger partial charge in [-0.25, -0.2) is 18.7 Å². The molecular formula is C16H11BrF2N2O2. The molecule has 0 saturated heterocycles. The van der Waals surface area contributed by atoms with Crippen molar-refractivity contribution in [3.05, 3.63) is 52.3 Å². The normalized spacial score (nSPS) is 10.8. The van der Waals surface area contributed by atoms with Crippen molar-refractivity contribution in [2.45, 2.75) is 6.92 Å². The molecule has 0 radical (unpaired) electrons. The SMILES string of the molecule is COc1nccc(Oc2cc3ccc(F)c(F)c3nc2C)c1Br. The molecule has 23 heavy (non-hydrogen) atoms. The molecule has 0 aliphatic carbocycles. The standard InChI is InChI=1S/C16H11BrF2N2O2/c1-8-12(23-11-5-6-20-16(22-2)13(11)17)7-9-3-4-10(18)14(19)15(9)21-8/h3-7H,1-2H3. The number of ether oxygens (including phenoxy) is 2. The summed E-state index contributed by atoms with van der Waals surface area (Å²) >= 11 is 3.35. The van der Waals surface area contributed by atoms with E-state index in [2.05, 4.69) is 25.9 Å². The Balaban J connectivity index is 2.07. The molecule has 0 saturated carbocycles. The highest BCUT2D eigenvalue weighted by Crippen LogP contribution is 2.36. The smallest absolute Gasteiger partial charge is 0.231 e. The third-order valence-electron chi connectivity index (χ3n) is 3.26. The fourth-order valence-electron chi connectivity index (χ4n) is 2.10. The fraction of sp³-hybridized carbons (Fsp3) is 0.125. The van der Waals surface area contributed by atoms with E-state index >= 15 is 0 Å². The summed E-state index contributed by atoms with van der Waals surface area (Å²) in [7, 11) is 1.50. The van der Waals surface area contributed by atoms with Gasteiger partial charge in [-0.2, -0.15) is 0 Å². The Labute approximate surface area is 139 Å². The van der Waals surface area contributed by atoms with Crippen LogP contribution in [0.4, 0.5) is 8.78 Å². The van der Waals surface area contributed by atoms with Crippen LogP contribution in [-0.4, -0.2) is 17.1 Å². The van der Waals surface area contributed by atoms with Crippen LogP contribution in [0, 0.1) is 18.6 Å². The Hall–Kier alpha value is -2.28. The van der Waals surface area contributed by atoms with E-state index in [4.69, 9.17) is 9.47 Å². The molecule has 0 atom stereocenters. The van der Waals surface area contributed by atoms with Gasteiger partial charge in [0.05, 0.1) is 12.8 Å². The molecule has 1 aromatic carbocycles. The van der Waals surface area contributed by atoms with Crippen LogP contribution in [0.3, 0.4) is 0 Å². The third-order valence-corrected chi connectivity index (χ3v) is 3.99. The van der Waals surface area contributed by atoms with Gasteiger partial charge in [-0.05, 0) is 41.1 Å². The number of benzene rings is 1. The fourth-order valence-corrected chi connectivity index (χ4v) is 2.58. The van der Waals surface area contributed by atoms with Crippen LogP contribution < -0.4 is 9.47 Å². The van der Waals surface area contributed by atoms with E-state index in [1.54, 1.807) is 19.1 Å². The first kappa shape index (κ1) is 15.6. The number of fused-ring (bicyclic) bond motifs is 1. The second-order valence-electron chi connectivity index (χ2n) is 4.74. The van der Waals surface area contributed by atoms with Gasteiger partial charge in [0.15, 0.2) is 11.6 Å². The summed E-state index contributed by atoms with van der Waals surface area (Å²) in [5.74, 6) is -0.619. The van der Waals surface area contributed by atoms with Gasteiger partial charge in [-0.15, -0.1) is 0 Å². The molecule has 4 nitrogen and oxygen atoms in total. The van der Waals surface area contributed by atoms with Crippen molar-refractivity contribution in [3.8, 4) is 17.4 Å². The van der Waals surface area contributed by atoms with Gasteiger partial charge in [-0.1, -0.05) is 0 Å². The Kier molecular flexibility index (Phi) is 4.12. The second-order valence-corrected chi connectivity index (χ2v) is 5.53. The molecule has 0 bridgehead atoms. The first-order chi connectivity index (χ1) is 11.0. The van der Waals surface area contributed by atoms with Crippen molar-refractivity contribution in [2.75, 3.05) is 7.11 Å². The van der Waals surface area contributed by atoms with Gasteiger partial charge in [0, 0.05) is 17.6 Å². The van der Waals surface area contributed by atoms with E-state index in [1.165, 1.54) is 19.4 Å². The zero-order chi connectivity index (χ0) is 16.6. The van der Waals surface area contributed by atoms with Crippen molar-refractivity contribution < 1.29 is 18.3 Å². The molecule has 3 rings (SSSR count). The highest BCUT2D eigenvalue weighted by Gasteiger charge is 2.14. The minimum atomic E-state index is -0.969. The maximum Gasteiger partial charge on any atom is 0.231 e. The maximum atomic E-state index is 13.8. The summed E-state index contributed by atoms with van der Waals surface area (Å²) < 4.78 is 38.6. The Morgan fingerprint density at radius 1 is 1.13 bits per heavy atom. The topological polar surface area (TPSA) is 44.2 Å². The molecule has 3 aromatic rings. The van der Waals surface area contributed by atoms with E-state index in [0.717, 1.165) is 6.07 Å². The quantitative estimate of drug-likeness (QED) is 0.655. The van der Waals surface area contributed by atoms with Crippen LogP contribution in [0.2, 0.25) is 0 Å². The summed E-state index contributed by atoms with van der Waals surface area (Å²) in [6, 6.07) is 5.78. The van der Waals surface area contributed by atoms with Crippen molar-refractivity contribution >= 4 is 26.8 Å². The number of methoxy groups -OCH3 is 1. The first-order valence-corrected chi connectivity index (χ1v) is 7.42. The molecule has 7 heteroatoms. The average Bonchev–Trinajstić information content (AvgIpc) is 2.54. The van der Waals surface area contributed by atoms with Gasteiger partial charge >= 0.3 is 0 Å². The van der Waals surface area contributed by atoms with Crippen molar-refractivity contribution in [1.29, 1.82) is 0 Å². The number of aryl methyl sites for hydroxylation is 1. The molecule has 118 valence electrons. The highest BCUT2D eigenvalue weighted by atomic mass is 79.9. The van der Waals surface area contributed by atoms with Gasteiger partial charge in [-0.3, -0.25) is 0 Å². The molecule has 0 spiro atoms. The zero-order valence-corrected chi connectivity index (χ0v) is 13.8. The maximum absolute atomic E-state index is 13.8. The largest absolute Gasteiger partial charge is 0.480 e. The molecule has 0 amide bonds. The number of aromatic nitrogens is 2. The summed E-state index contributed by atoms with van der Waals surface area (Å²) in [5.41, 5.74) is 0.408. The molecular weight excluding hydrogens is 370 g/mol. The lowest BCUT2D eigenvalue weighted by molar-refractivity contribution is 0.388. The lowest BCUT2D eigenvalue weighted by atomic mass is 10.2. The van der Waals surface area contributed by atoms with Gasteiger partial charge < -0.3 is 9.47 Å². The van der Waals surface area contributed by atoms with E-state index in [1.807, 2.05) is 0 Å². The lowest BCUT2D eigenvalue weighted by Gasteiger charge is -2.12. The molecule has 0 N–H and O–H groups in total. The van der Waals surface area contributed by atoms with Crippen LogP contribution >= 0.6 is 15.9 Å². The minimum Gasteiger partial charge on any atom is -0.480 e. The van der Waals surface area contributed by atoms with E-state index in [0.29, 0.717) is 32.9 Å². The Morgan fingerprint density at radius 2 is 1.91 bits per heavy atom. The molecule has 0 aliphatic rings. The van der Waals surface area contributed by atoms with Crippen LogP contribution in [-0.2, 0) is 0 Å². The average molecular weight is 381 g/mol. The predicted molar refractivity (Wildman–Crippen MR) is 85.0 cm³/mol. The number of halogens is 3. The number of hydrogen-bond acceptors (Lipinski definition) is 4. The number of pyridine rings is 2. The van der Waals surface area contributed by atoms with Gasteiger partial charge in [0.25, 0.3) is 0 Å². The summed E-state index contributed by atoms with van der Waals surface area (Å²) in [6.07, 6.45) is 1.54. The third kappa shape index (κ3) is 2.84. The second kappa shape index (κ2) is 6.08. The van der Waals surface area contributed by atoms with E-state index in [-0.39, 0.29) is 5.52 Å². The van der Waals surface area contributed by atoms with Crippen molar-refractivity contribution in [2.24, 2.45) is 0 Å². The number of hydrogen-bond donors (Lipinski definition) is 0. The van der Waals surface area contributed by atoms with E-state index in [9.17, 15) is 8.78 Å². The molecule has 0 fully saturated rings. The monoisotopic (exact) mass is 380 g/mol. The molecule has 0 aliphatic heterocycles. The lowest BCUT2D eigenvalue weighted by Crippen LogP contribution is -1.97. The highest BCUT2D eigenvalue weighted by molar-refractivity contribution is 9.10. The zero-order valence-electron chi connectivity index (χ0n) is 12.2. The first-order valence-electron chi connectivity index (χ1n) is 6.63. The van der Waals surface area contributed by atoms with Crippen LogP contribution in [0.1, 0.15) is 5.69 Å². The van der Waals surface area contributed by atoms with Crippen molar-refractivity contribution in [3.63, 3.8) is 0 Å². The number of nitrogens with zero attached hydrogens (tertiary/aromatic N) is 2. The van der Waals surface area contributed by atoms with Crippen molar-refractivity contribution in [1.82, 2.24) is 9.97 Å². The molecule has 2 aromatic heterocycles. The van der Waals surface area contributed by atoms with Gasteiger partial charge in [0.2, 0.25) is 5.88 Å². The summed E-state index contributed by atoms with van der Waals surface area (Å²) in [4.78, 5) is 8.14. The summed E-state index contributed by atoms with van der Waals surface area (Å²) in [5, 5.41) is 0.446. The minimum absolute atomic E-state index is 0.0266. The van der Waals surface area contributed by atoms with Crippen LogP contribution in [0.15, 0.2) is 34.9 Å². The number of rotatable bonds is 3. The molecule has 0 unspecified atom stereocenters. The van der Waals surface area contributed by atoms with Gasteiger partial charge in [0.1, 0.15) is 21.5 Å². The molecule has 2 heterocycles. The Bertz CT molecular complexity index is 903.